The van der Waals surface area contributed by atoms with Gasteiger partial charge in [0, 0.05) is 27.7 Å². The predicted octanol–water partition coefficient (Wildman–Crippen LogP) is 5.39. The minimum atomic E-state index is -0.168. The van der Waals surface area contributed by atoms with Gasteiger partial charge in [-0.3, -0.25) is 14.2 Å². The molecule has 6 heteroatoms. The number of hydrogen-bond acceptors (Lipinski definition) is 3. The summed E-state index contributed by atoms with van der Waals surface area (Å²) in [6.07, 6.45) is 0.177. The van der Waals surface area contributed by atoms with Crippen molar-refractivity contribution in [1.29, 1.82) is 0 Å². The number of carbonyl (C=O) groups excluding carboxylic acids is 2. The molecular weight excluding hydrogens is 412 g/mol. The Bertz CT molecular complexity index is 1120. The van der Waals surface area contributed by atoms with Gasteiger partial charge in [-0.2, -0.15) is 0 Å². The zero-order chi connectivity index (χ0) is 22.9. The van der Waals surface area contributed by atoms with Gasteiger partial charge in [-0.05, 0) is 67.3 Å². The monoisotopic (exact) mass is 440 g/mol. The first-order valence-electron chi connectivity index (χ1n) is 10.3. The summed E-state index contributed by atoms with van der Waals surface area (Å²) in [6, 6.07) is 12.4. The second kappa shape index (κ2) is 8.75. The van der Waals surface area contributed by atoms with E-state index in [9.17, 15) is 9.59 Å². The quantitative estimate of drug-likeness (QED) is 0.578. The second-order valence-corrected chi connectivity index (χ2v) is 9.36. The number of amides is 1. The smallest absolute Gasteiger partial charge is 0.262 e. The molecular formula is C25H29ClN2O3. The van der Waals surface area contributed by atoms with E-state index in [1.54, 1.807) is 35.9 Å². The van der Waals surface area contributed by atoms with Crippen LogP contribution in [-0.2, 0) is 11.2 Å². The van der Waals surface area contributed by atoms with Crippen LogP contribution in [0.3, 0.4) is 0 Å². The molecule has 1 unspecified atom stereocenters. The molecule has 1 atom stereocenters. The van der Waals surface area contributed by atoms with Crippen LogP contribution < -0.4 is 10.1 Å². The number of halogens is 1. The van der Waals surface area contributed by atoms with Gasteiger partial charge in [-0.1, -0.05) is 32.4 Å². The Balaban J connectivity index is 2.06. The van der Waals surface area contributed by atoms with Gasteiger partial charge in [-0.15, -0.1) is 0 Å². The number of fused-ring (bicyclic) bond motifs is 1. The molecule has 0 saturated carbocycles. The number of ether oxygens (including phenoxy) is 1. The third kappa shape index (κ3) is 4.77. The van der Waals surface area contributed by atoms with Crippen molar-refractivity contribution in [2.24, 2.45) is 5.41 Å². The van der Waals surface area contributed by atoms with E-state index in [1.807, 2.05) is 32.0 Å². The van der Waals surface area contributed by atoms with Crippen LogP contribution in [0.1, 0.15) is 49.3 Å². The summed E-state index contributed by atoms with van der Waals surface area (Å²) in [7, 11) is 1.60. The summed E-state index contributed by atoms with van der Waals surface area (Å²) < 4.78 is 7.05. The molecule has 1 aromatic heterocycles. The van der Waals surface area contributed by atoms with E-state index in [1.165, 1.54) is 0 Å². The lowest BCUT2D eigenvalue weighted by Crippen LogP contribution is -2.42. The minimum absolute atomic E-state index is 0.0129. The molecule has 164 valence electrons. The number of aromatic nitrogens is 1. The van der Waals surface area contributed by atoms with Crippen LogP contribution in [0, 0.1) is 12.3 Å². The molecule has 0 radical (unpaired) electrons. The third-order valence-corrected chi connectivity index (χ3v) is 6.10. The van der Waals surface area contributed by atoms with Crippen molar-refractivity contribution in [2.45, 2.75) is 47.1 Å². The van der Waals surface area contributed by atoms with Crippen molar-refractivity contribution in [3.8, 4) is 5.75 Å². The Hall–Kier alpha value is -2.79. The molecule has 0 fully saturated rings. The van der Waals surface area contributed by atoms with Gasteiger partial charge in [0.25, 0.3) is 5.91 Å². The lowest BCUT2D eigenvalue weighted by atomic mass is 9.88. The summed E-state index contributed by atoms with van der Waals surface area (Å²) in [5, 5.41) is 4.49. The van der Waals surface area contributed by atoms with Gasteiger partial charge in [0.05, 0.1) is 19.0 Å². The molecule has 3 aromatic rings. The van der Waals surface area contributed by atoms with Crippen LogP contribution in [-0.4, -0.2) is 29.5 Å². The van der Waals surface area contributed by atoms with Crippen molar-refractivity contribution in [2.75, 3.05) is 7.11 Å². The first-order valence-corrected chi connectivity index (χ1v) is 10.7. The average Bonchev–Trinajstić information content (AvgIpc) is 2.98. The van der Waals surface area contributed by atoms with Crippen LogP contribution in [0.5, 0.6) is 5.75 Å². The SMILES string of the molecule is COc1ccc2c(c1)c(CC(=O)NC(C)C(C)(C)C)c(C)n2C(=O)c1ccc(Cl)cc1. The molecule has 1 amide bonds. The fraction of sp³-hybridized carbons (Fsp3) is 0.360. The van der Waals surface area contributed by atoms with E-state index in [0.717, 1.165) is 22.2 Å². The molecule has 0 bridgehead atoms. The minimum Gasteiger partial charge on any atom is -0.497 e. The molecule has 0 saturated heterocycles. The second-order valence-electron chi connectivity index (χ2n) is 8.93. The largest absolute Gasteiger partial charge is 0.497 e. The molecule has 0 aliphatic carbocycles. The summed E-state index contributed by atoms with van der Waals surface area (Å²) in [5.74, 6) is 0.429. The van der Waals surface area contributed by atoms with E-state index in [0.29, 0.717) is 16.3 Å². The van der Waals surface area contributed by atoms with Gasteiger partial charge >= 0.3 is 0 Å². The maximum atomic E-state index is 13.3. The van der Waals surface area contributed by atoms with Crippen LogP contribution in [0.2, 0.25) is 5.02 Å². The zero-order valence-corrected chi connectivity index (χ0v) is 19.6. The summed E-state index contributed by atoms with van der Waals surface area (Å²) >= 11 is 5.98. The molecule has 0 aliphatic heterocycles. The maximum Gasteiger partial charge on any atom is 0.262 e. The van der Waals surface area contributed by atoms with Gasteiger partial charge in [0.2, 0.25) is 5.91 Å². The Morgan fingerprint density at radius 3 is 2.35 bits per heavy atom. The Morgan fingerprint density at radius 1 is 1.13 bits per heavy atom. The van der Waals surface area contributed by atoms with E-state index >= 15 is 0 Å². The summed E-state index contributed by atoms with van der Waals surface area (Å²) in [6.45, 7) is 10.1. The van der Waals surface area contributed by atoms with Crippen LogP contribution in [0.4, 0.5) is 0 Å². The Morgan fingerprint density at radius 2 is 1.77 bits per heavy atom. The standard InChI is InChI=1S/C25H29ClN2O3/c1-15-20(14-23(29)27-16(2)25(3,4)5)21-13-19(31-6)11-12-22(21)28(15)24(30)17-7-9-18(26)10-8-17/h7-13,16H,14H2,1-6H3,(H,27,29). The first-order chi connectivity index (χ1) is 14.5. The van der Waals surface area contributed by atoms with Gasteiger partial charge < -0.3 is 10.1 Å². The maximum absolute atomic E-state index is 13.3. The third-order valence-electron chi connectivity index (χ3n) is 5.85. The number of methoxy groups -OCH3 is 1. The van der Waals surface area contributed by atoms with E-state index in [2.05, 4.69) is 26.1 Å². The lowest BCUT2D eigenvalue weighted by Gasteiger charge is -2.28. The highest BCUT2D eigenvalue weighted by molar-refractivity contribution is 6.30. The average molecular weight is 441 g/mol. The highest BCUT2D eigenvalue weighted by Crippen LogP contribution is 2.31. The van der Waals surface area contributed by atoms with Gasteiger partial charge in [-0.25, -0.2) is 0 Å². The molecule has 5 nitrogen and oxygen atoms in total. The number of benzene rings is 2. The number of carbonyl (C=O) groups is 2. The highest BCUT2D eigenvalue weighted by atomic mass is 35.5. The molecule has 31 heavy (non-hydrogen) atoms. The van der Waals surface area contributed by atoms with Crippen molar-refractivity contribution in [1.82, 2.24) is 9.88 Å². The van der Waals surface area contributed by atoms with E-state index in [-0.39, 0.29) is 29.7 Å². The van der Waals surface area contributed by atoms with Crippen LogP contribution in [0.15, 0.2) is 42.5 Å². The highest BCUT2D eigenvalue weighted by Gasteiger charge is 2.25. The van der Waals surface area contributed by atoms with Crippen LogP contribution in [0.25, 0.3) is 10.9 Å². The van der Waals surface area contributed by atoms with Crippen molar-refractivity contribution < 1.29 is 14.3 Å². The Labute approximate surface area is 188 Å². The Kier molecular flexibility index (Phi) is 6.46. The van der Waals surface area contributed by atoms with Crippen LogP contribution >= 0.6 is 11.6 Å². The fourth-order valence-electron chi connectivity index (χ4n) is 3.47. The topological polar surface area (TPSA) is 60.3 Å². The summed E-state index contributed by atoms with van der Waals surface area (Å²) in [4.78, 5) is 26.2. The molecule has 1 heterocycles. The van der Waals surface area contributed by atoms with E-state index in [4.69, 9.17) is 16.3 Å². The van der Waals surface area contributed by atoms with Crippen molar-refractivity contribution in [3.63, 3.8) is 0 Å². The number of nitrogens with one attached hydrogen (secondary N) is 1. The fourth-order valence-corrected chi connectivity index (χ4v) is 3.59. The molecule has 3 rings (SSSR count). The normalized spacial score (nSPS) is 12.6. The molecule has 2 aromatic carbocycles. The number of rotatable bonds is 5. The first kappa shape index (κ1) is 22.9. The lowest BCUT2D eigenvalue weighted by molar-refractivity contribution is -0.121. The van der Waals surface area contributed by atoms with Crippen molar-refractivity contribution >= 4 is 34.3 Å². The molecule has 0 aliphatic rings. The number of hydrogen-bond donors (Lipinski definition) is 1. The predicted molar refractivity (Wildman–Crippen MR) is 125 cm³/mol. The summed E-state index contributed by atoms with van der Waals surface area (Å²) in [5.41, 5.74) is 2.77. The molecule has 1 N–H and O–H groups in total. The van der Waals surface area contributed by atoms with Gasteiger partial charge in [0.15, 0.2) is 0 Å². The van der Waals surface area contributed by atoms with E-state index < -0.39 is 0 Å². The number of nitrogens with zero attached hydrogens (tertiary/aromatic N) is 1. The zero-order valence-electron chi connectivity index (χ0n) is 18.9. The molecule has 0 spiro atoms. The van der Waals surface area contributed by atoms with Gasteiger partial charge in [0.1, 0.15) is 5.75 Å². The van der Waals surface area contributed by atoms with Crippen molar-refractivity contribution in [3.05, 3.63) is 64.3 Å².